The second-order valence-electron chi connectivity index (χ2n) is 1.98. The Morgan fingerprint density at radius 1 is 1.50 bits per heavy atom. The second kappa shape index (κ2) is 1.70. The van der Waals surface area contributed by atoms with E-state index in [2.05, 4.69) is 15.2 Å². The molecule has 4 heteroatoms. The molecule has 0 bridgehead atoms. The van der Waals surface area contributed by atoms with Gasteiger partial charge >= 0.3 is 0 Å². The van der Waals surface area contributed by atoms with Gasteiger partial charge in [-0.1, -0.05) is 0 Å². The van der Waals surface area contributed by atoms with E-state index in [-0.39, 0.29) is 5.88 Å². The normalized spacial score (nSPS) is 10.4. The van der Waals surface area contributed by atoms with E-state index < -0.39 is 0 Å². The Morgan fingerprint density at radius 2 is 2.40 bits per heavy atom. The SMILES string of the molecule is Oc1cc2nnccc2[nH]1. The summed E-state index contributed by atoms with van der Waals surface area (Å²) in [6.45, 7) is 0. The molecule has 2 aromatic heterocycles. The van der Waals surface area contributed by atoms with Crippen LogP contribution >= 0.6 is 0 Å². The predicted molar refractivity (Wildman–Crippen MR) is 35.6 cm³/mol. The van der Waals surface area contributed by atoms with Gasteiger partial charge in [0.1, 0.15) is 5.52 Å². The van der Waals surface area contributed by atoms with Crippen LogP contribution in [0.25, 0.3) is 11.0 Å². The Morgan fingerprint density at radius 3 is 3.20 bits per heavy atom. The minimum atomic E-state index is 0.121. The molecule has 2 aromatic rings. The van der Waals surface area contributed by atoms with Crippen LogP contribution < -0.4 is 0 Å². The number of hydrogen-bond donors (Lipinski definition) is 2. The summed E-state index contributed by atoms with van der Waals surface area (Å²) in [5.74, 6) is 0.121. The van der Waals surface area contributed by atoms with Crippen molar-refractivity contribution >= 4 is 11.0 Å². The summed E-state index contributed by atoms with van der Waals surface area (Å²) in [4.78, 5) is 2.71. The smallest absolute Gasteiger partial charge is 0.191 e. The van der Waals surface area contributed by atoms with E-state index in [4.69, 9.17) is 5.11 Å². The van der Waals surface area contributed by atoms with Crippen LogP contribution in [0.3, 0.4) is 0 Å². The lowest BCUT2D eigenvalue weighted by molar-refractivity contribution is 0.458. The first-order valence-corrected chi connectivity index (χ1v) is 2.85. The number of aromatic amines is 1. The molecule has 2 heterocycles. The zero-order valence-corrected chi connectivity index (χ0v) is 5.07. The van der Waals surface area contributed by atoms with Gasteiger partial charge in [-0.25, -0.2) is 0 Å². The average molecular weight is 135 g/mol. The summed E-state index contributed by atoms with van der Waals surface area (Å²) >= 11 is 0. The van der Waals surface area contributed by atoms with Gasteiger partial charge in [-0.3, -0.25) is 0 Å². The van der Waals surface area contributed by atoms with Crippen LogP contribution in [0.2, 0.25) is 0 Å². The van der Waals surface area contributed by atoms with Crippen molar-refractivity contribution in [2.45, 2.75) is 0 Å². The van der Waals surface area contributed by atoms with Crippen LogP contribution in [0.4, 0.5) is 0 Å². The van der Waals surface area contributed by atoms with Crippen molar-refractivity contribution < 1.29 is 5.11 Å². The van der Waals surface area contributed by atoms with Gasteiger partial charge in [0.05, 0.1) is 11.7 Å². The number of hydrogen-bond acceptors (Lipinski definition) is 3. The van der Waals surface area contributed by atoms with Crippen molar-refractivity contribution in [3.8, 4) is 5.88 Å². The summed E-state index contributed by atoms with van der Waals surface area (Å²) in [6.07, 6.45) is 1.57. The summed E-state index contributed by atoms with van der Waals surface area (Å²) in [5.41, 5.74) is 1.48. The van der Waals surface area contributed by atoms with Gasteiger partial charge < -0.3 is 10.1 Å². The number of aromatic hydroxyl groups is 1. The first kappa shape index (κ1) is 5.22. The summed E-state index contributed by atoms with van der Waals surface area (Å²) in [6, 6.07) is 3.28. The van der Waals surface area contributed by atoms with Crippen molar-refractivity contribution in [3.05, 3.63) is 18.3 Å². The third-order valence-electron chi connectivity index (χ3n) is 1.29. The van der Waals surface area contributed by atoms with Crippen LogP contribution in [0.5, 0.6) is 5.88 Å². The second-order valence-corrected chi connectivity index (χ2v) is 1.98. The third kappa shape index (κ3) is 0.621. The van der Waals surface area contributed by atoms with Crippen molar-refractivity contribution in [1.29, 1.82) is 0 Å². The highest BCUT2D eigenvalue weighted by Crippen LogP contribution is 2.14. The number of nitrogens with one attached hydrogen (secondary N) is 1. The van der Waals surface area contributed by atoms with E-state index in [1.165, 1.54) is 6.07 Å². The first-order chi connectivity index (χ1) is 4.86. The van der Waals surface area contributed by atoms with E-state index in [1.807, 2.05) is 0 Å². The lowest BCUT2D eigenvalue weighted by Crippen LogP contribution is -1.76. The highest BCUT2D eigenvalue weighted by atomic mass is 16.3. The van der Waals surface area contributed by atoms with Crippen LogP contribution in [0, 0.1) is 0 Å². The molecule has 2 N–H and O–H groups in total. The monoisotopic (exact) mass is 135 g/mol. The lowest BCUT2D eigenvalue weighted by atomic mass is 10.4. The minimum absolute atomic E-state index is 0.121. The minimum Gasteiger partial charge on any atom is -0.495 e. The average Bonchev–Trinajstić information content (AvgIpc) is 2.27. The molecule has 0 fully saturated rings. The van der Waals surface area contributed by atoms with Gasteiger partial charge in [0.2, 0.25) is 0 Å². The number of rotatable bonds is 0. The Balaban J connectivity index is 2.88. The summed E-state index contributed by atoms with van der Waals surface area (Å²) in [5, 5.41) is 16.3. The van der Waals surface area contributed by atoms with E-state index in [1.54, 1.807) is 12.3 Å². The molecule has 0 aromatic carbocycles. The fourth-order valence-corrected chi connectivity index (χ4v) is 0.859. The van der Waals surface area contributed by atoms with Crippen molar-refractivity contribution in [1.82, 2.24) is 15.2 Å². The molecule has 10 heavy (non-hydrogen) atoms. The largest absolute Gasteiger partial charge is 0.495 e. The molecule has 50 valence electrons. The molecule has 0 aliphatic carbocycles. The van der Waals surface area contributed by atoms with Gasteiger partial charge in [-0.2, -0.15) is 5.10 Å². The Hall–Kier alpha value is -1.58. The maximum Gasteiger partial charge on any atom is 0.191 e. The standard InChI is InChI=1S/C6H5N3O/c10-6-3-5-4(8-6)1-2-7-9-5/h1-3,8,10H. The van der Waals surface area contributed by atoms with Crippen molar-refractivity contribution in [2.75, 3.05) is 0 Å². The Bertz CT molecular complexity index is 322. The van der Waals surface area contributed by atoms with Gasteiger partial charge in [-0.15, -0.1) is 5.10 Å². The predicted octanol–water partition coefficient (Wildman–Crippen LogP) is 0.663. The van der Waals surface area contributed by atoms with Gasteiger partial charge in [-0.05, 0) is 6.07 Å². The first-order valence-electron chi connectivity index (χ1n) is 2.85. The van der Waals surface area contributed by atoms with Gasteiger partial charge in [0.25, 0.3) is 0 Å². The van der Waals surface area contributed by atoms with E-state index >= 15 is 0 Å². The van der Waals surface area contributed by atoms with E-state index in [9.17, 15) is 0 Å². The Labute approximate surface area is 56.5 Å². The highest BCUT2D eigenvalue weighted by molar-refractivity contribution is 5.75. The van der Waals surface area contributed by atoms with Crippen LogP contribution in [-0.4, -0.2) is 20.3 Å². The molecule has 0 radical (unpaired) electrons. The zero-order valence-electron chi connectivity index (χ0n) is 5.07. The van der Waals surface area contributed by atoms with Crippen LogP contribution in [-0.2, 0) is 0 Å². The maximum atomic E-state index is 8.93. The van der Waals surface area contributed by atoms with Gasteiger partial charge in [0, 0.05) is 6.07 Å². The molecule has 0 saturated carbocycles. The third-order valence-corrected chi connectivity index (χ3v) is 1.29. The molecule has 0 unspecified atom stereocenters. The van der Waals surface area contributed by atoms with E-state index in [0.717, 1.165) is 5.52 Å². The number of H-pyrrole nitrogens is 1. The lowest BCUT2D eigenvalue weighted by Gasteiger charge is -1.81. The molecule has 0 spiro atoms. The van der Waals surface area contributed by atoms with Crippen molar-refractivity contribution in [3.63, 3.8) is 0 Å². The number of fused-ring (bicyclic) bond motifs is 1. The Kier molecular flexibility index (Phi) is 0.887. The van der Waals surface area contributed by atoms with Crippen LogP contribution in [0.15, 0.2) is 18.3 Å². The molecule has 0 atom stereocenters. The summed E-state index contributed by atoms with van der Waals surface area (Å²) < 4.78 is 0. The fourth-order valence-electron chi connectivity index (χ4n) is 0.859. The molecule has 2 rings (SSSR count). The zero-order chi connectivity index (χ0) is 6.97. The molecule has 0 saturated heterocycles. The molecular formula is C6H5N3O. The number of nitrogens with zero attached hydrogens (tertiary/aromatic N) is 2. The molecule has 4 nitrogen and oxygen atoms in total. The van der Waals surface area contributed by atoms with Gasteiger partial charge in [0.15, 0.2) is 5.88 Å². The van der Waals surface area contributed by atoms with E-state index in [0.29, 0.717) is 5.52 Å². The molecule has 0 aliphatic rings. The quantitative estimate of drug-likeness (QED) is 0.557. The maximum absolute atomic E-state index is 8.93. The topological polar surface area (TPSA) is 61.8 Å². The number of aromatic nitrogens is 3. The fraction of sp³-hybridized carbons (Fsp3) is 0. The van der Waals surface area contributed by atoms with Crippen molar-refractivity contribution in [2.24, 2.45) is 0 Å². The summed E-state index contributed by atoms with van der Waals surface area (Å²) in [7, 11) is 0. The highest BCUT2D eigenvalue weighted by Gasteiger charge is 1.97. The molecule has 0 amide bonds. The molecular weight excluding hydrogens is 130 g/mol. The van der Waals surface area contributed by atoms with Crippen LogP contribution in [0.1, 0.15) is 0 Å². The molecule has 0 aliphatic heterocycles.